The van der Waals surface area contributed by atoms with Gasteiger partial charge in [0.05, 0.1) is 11.3 Å². The fraction of sp³-hybridized carbons (Fsp3) is 0.167. The van der Waals surface area contributed by atoms with Crippen LogP contribution < -0.4 is 10.5 Å². The summed E-state index contributed by atoms with van der Waals surface area (Å²) in [4.78, 5) is 22.0. The highest BCUT2D eigenvalue weighted by atomic mass is 35.5. The number of fused-ring (bicyclic) bond motifs is 1. The van der Waals surface area contributed by atoms with Crippen molar-refractivity contribution >= 4 is 57.7 Å². The number of hydrogen-bond donors (Lipinski definition) is 2. The Morgan fingerprint density at radius 1 is 1.15 bits per heavy atom. The van der Waals surface area contributed by atoms with Crippen LogP contribution in [-0.2, 0) is 6.54 Å². The average Bonchev–Trinajstić information content (AvgIpc) is 3.56. The quantitative estimate of drug-likeness (QED) is 0.128. The zero-order valence-corrected chi connectivity index (χ0v) is 23.8. The molecule has 0 radical (unpaired) electrons. The molecule has 0 fully saturated rings. The van der Waals surface area contributed by atoms with E-state index in [9.17, 15) is 4.79 Å². The number of imidazole rings is 1. The molecule has 0 amide bonds. The van der Waals surface area contributed by atoms with Gasteiger partial charge in [-0.2, -0.15) is 0 Å². The van der Waals surface area contributed by atoms with E-state index in [-0.39, 0.29) is 29.2 Å². The summed E-state index contributed by atoms with van der Waals surface area (Å²) in [6.45, 7) is 6.39. The van der Waals surface area contributed by atoms with Gasteiger partial charge in [-0.1, -0.05) is 49.2 Å². The van der Waals surface area contributed by atoms with Gasteiger partial charge in [0.1, 0.15) is 11.5 Å². The summed E-state index contributed by atoms with van der Waals surface area (Å²) in [6, 6.07) is 11.6. The van der Waals surface area contributed by atoms with E-state index in [2.05, 4.69) is 21.3 Å². The summed E-state index contributed by atoms with van der Waals surface area (Å²) >= 11 is 7.40. The maximum Gasteiger partial charge on any atom is 0.234 e. The third-order valence-electron chi connectivity index (χ3n) is 6.61. The molecule has 2 aromatic carbocycles. The summed E-state index contributed by atoms with van der Waals surface area (Å²) in [5.41, 5.74) is 8.13. The standard InChI is InChI=1S/C30H27ClF2N6OS/c1-3-14-41-37-25-9-8-24(32)27(28(25)33)18(2)23-17-39(26(40)10-12-38-13-11-35-30(38)34)29-22(23)15-20(16-36-29)19-4-6-21(31)7-5-19/h4-9,11,13,15-17,37H,2-3,10,12,14H2,1H3,(H2,34,35). The van der Waals surface area contributed by atoms with E-state index < -0.39 is 11.6 Å². The van der Waals surface area contributed by atoms with Crippen LogP contribution in [0, 0.1) is 11.6 Å². The Kier molecular flexibility index (Phi) is 8.41. The van der Waals surface area contributed by atoms with Crippen LogP contribution in [0.2, 0.25) is 5.02 Å². The number of anilines is 2. The lowest BCUT2D eigenvalue weighted by molar-refractivity contribution is 0.0901. The molecule has 3 heterocycles. The Balaban J connectivity index is 1.60. The van der Waals surface area contributed by atoms with Gasteiger partial charge in [0.15, 0.2) is 11.8 Å². The van der Waals surface area contributed by atoms with Crippen LogP contribution in [0.3, 0.4) is 0 Å². The highest BCUT2D eigenvalue weighted by Gasteiger charge is 2.23. The molecule has 0 aliphatic heterocycles. The second-order valence-electron chi connectivity index (χ2n) is 9.35. The molecular weight excluding hydrogens is 566 g/mol. The van der Waals surface area contributed by atoms with E-state index >= 15 is 8.78 Å². The number of carbonyl (C=O) groups excluding carboxylic acids is 1. The Labute approximate surface area is 245 Å². The third kappa shape index (κ3) is 5.84. The van der Waals surface area contributed by atoms with E-state index in [1.807, 2.05) is 25.1 Å². The SMILES string of the molecule is C=C(c1c(F)ccc(NSCCC)c1F)c1cn(C(=O)CCn2ccnc2N)c2ncc(-c3ccc(Cl)cc3)cc12. The van der Waals surface area contributed by atoms with Crippen molar-refractivity contribution < 1.29 is 13.6 Å². The smallest absolute Gasteiger partial charge is 0.234 e. The number of halogens is 3. The molecule has 0 aliphatic carbocycles. The Bertz CT molecular complexity index is 1750. The number of nitrogens with zero attached hydrogens (tertiary/aromatic N) is 4. The van der Waals surface area contributed by atoms with E-state index in [4.69, 9.17) is 17.3 Å². The van der Waals surface area contributed by atoms with Gasteiger partial charge >= 0.3 is 0 Å². The Morgan fingerprint density at radius 3 is 2.63 bits per heavy atom. The van der Waals surface area contributed by atoms with Gasteiger partial charge in [-0.05, 0) is 47.9 Å². The van der Waals surface area contributed by atoms with E-state index in [1.165, 1.54) is 34.8 Å². The zero-order valence-electron chi connectivity index (χ0n) is 22.2. The molecule has 3 aromatic heterocycles. The average molecular weight is 593 g/mol. The number of benzene rings is 2. The Hall–Kier alpha value is -4.15. The van der Waals surface area contributed by atoms with Crippen LogP contribution in [0.15, 0.2) is 73.8 Å². The van der Waals surface area contributed by atoms with E-state index in [0.29, 0.717) is 34.1 Å². The van der Waals surface area contributed by atoms with Crippen molar-refractivity contribution in [2.45, 2.75) is 26.3 Å². The van der Waals surface area contributed by atoms with Gasteiger partial charge in [0.2, 0.25) is 5.91 Å². The van der Waals surface area contributed by atoms with Gasteiger partial charge in [-0.15, -0.1) is 0 Å². The molecule has 7 nitrogen and oxygen atoms in total. The fourth-order valence-electron chi connectivity index (χ4n) is 4.48. The summed E-state index contributed by atoms with van der Waals surface area (Å²) in [5, 5.41) is 1.11. The molecule has 0 saturated carbocycles. The van der Waals surface area contributed by atoms with Crippen LogP contribution >= 0.6 is 23.5 Å². The molecule has 3 N–H and O–H groups in total. The highest BCUT2D eigenvalue weighted by molar-refractivity contribution is 8.00. The van der Waals surface area contributed by atoms with E-state index in [1.54, 1.807) is 35.3 Å². The number of nitrogens with two attached hydrogens (primary N) is 1. The summed E-state index contributed by atoms with van der Waals surface area (Å²) in [5.74, 6) is -0.744. The summed E-state index contributed by atoms with van der Waals surface area (Å²) in [6.07, 6.45) is 7.41. The highest BCUT2D eigenvalue weighted by Crippen LogP contribution is 2.37. The lowest BCUT2D eigenvalue weighted by atomic mass is 9.97. The predicted octanol–water partition coefficient (Wildman–Crippen LogP) is 7.68. The normalized spacial score (nSPS) is 11.2. The first-order chi connectivity index (χ1) is 19.8. The minimum Gasteiger partial charge on any atom is -0.369 e. The van der Waals surface area contributed by atoms with Gasteiger partial charge in [0.25, 0.3) is 0 Å². The minimum atomic E-state index is -0.761. The maximum absolute atomic E-state index is 15.7. The largest absolute Gasteiger partial charge is 0.369 e. The molecule has 5 rings (SSSR count). The van der Waals surface area contributed by atoms with Crippen molar-refractivity contribution in [3.05, 3.63) is 102 Å². The molecule has 0 aliphatic rings. The molecule has 0 saturated heterocycles. The fourth-order valence-corrected chi connectivity index (χ4v) is 5.22. The molecule has 0 bridgehead atoms. The topological polar surface area (TPSA) is 90.8 Å². The number of nitrogen functional groups attached to an aromatic ring is 1. The molecule has 0 unspecified atom stereocenters. The van der Waals surface area contributed by atoms with Crippen molar-refractivity contribution in [2.75, 3.05) is 16.2 Å². The molecule has 210 valence electrons. The molecule has 0 spiro atoms. The van der Waals surface area contributed by atoms with Crippen molar-refractivity contribution in [1.82, 2.24) is 19.1 Å². The monoisotopic (exact) mass is 592 g/mol. The molecule has 41 heavy (non-hydrogen) atoms. The first-order valence-electron chi connectivity index (χ1n) is 12.9. The van der Waals surface area contributed by atoms with Gasteiger partial charge in [0, 0.05) is 65.0 Å². The first kappa shape index (κ1) is 28.4. The number of rotatable bonds is 10. The number of nitrogens with one attached hydrogen (secondary N) is 1. The van der Waals surface area contributed by atoms with Crippen LogP contribution in [0.4, 0.5) is 20.4 Å². The first-order valence-corrected chi connectivity index (χ1v) is 14.3. The summed E-state index contributed by atoms with van der Waals surface area (Å²) in [7, 11) is 0. The molecule has 0 atom stereocenters. The molecular formula is C30H27ClF2N6OS. The second kappa shape index (κ2) is 12.2. The van der Waals surface area contributed by atoms with Crippen LogP contribution in [0.25, 0.3) is 27.7 Å². The number of aromatic nitrogens is 4. The van der Waals surface area contributed by atoms with Crippen molar-refractivity contribution in [3.8, 4) is 11.1 Å². The van der Waals surface area contributed by atoms with Crippen molar-refractivity contribution in [1.29, 1.82) is 0 Å². The number of carbonyl (C=O) groups is 1. The van der Waals surface area contributed by atoms with Gasteiger partial charge in [-0.3, -0.25) is 9.36 Å². The lowest BCUT2D eigenvalue weighted by Crippen LogP contribution is -2.14. The van der Waals surface area contributed by atoms with Crippen LogP contribution in [0.5, 0.6) is 0 Å². The Morgan fingerprint density at radius 2 is 1.93 bits per heavy atom. The molecule has 5 aromatic rings. The van der Waals surface area contributed by atoms with Crippen LogP contribution in [-0.4, -0.2) is 30.8 Å². The number of aryl methyl sites for hydroxylation is 1. The second-order valence-corrected chi connectivity index (χ2v) is 10.7. The number of pyridine rings is 1. The lowest BCUT2D eigenvalue weighted by Gasteiger charge is -2.13. The zero-order chi connectivity index (χ0) is 29.1. The predicted molar refractivity (Wildman–Crippen MR) is 163 cm³/mol. The molecule has 11 heteroatoms. The van der Waals surface area contributed by atoms with Crippen molar-refractivity contribution in [3.63, 3.8) is 0 Å². The van der Waals surface area contributed by atoms with E-state index in [0.717, 1.165) is 23.3 Å². The van der Waals surface area contributed by atoms with Gasteiger partial charge in [-0.25, -0.2) is 18.7 Å². The third-order valence-corrected chi connectivity index (χ3v) is 7.84. The number of hydrogen-bond acceptors (Lipinski definition) is 6. The summed E-state index contributed by atoms with van der Waals surface area (Å²) < 4.78 is 36.8. The van der Waals surface area contributed by atoms with Crippen molar-refractivity contribution in [2.24, 2.45) is 0 Å². The van der Waals surface area contributed by atoms with Gasteiger partial charge < -0.3 is 15.0 Å². The van der Waals surface area contributed by atoms with Crippen LogP contribution in [0.1, 0.15) is 35.7 Å². The minimum absolute atomic E-state index is 0.0909. The maximum atomic E-state index is 15.7.